The molecule has 19 heavy (non-hydrogen) atoms. The summed E-state index contributed by atoms with van der Waals surface area (Å²) in [5.74, 6) is -0.0552. The summed E-state index contributed by atoms with van der Waals surface area (Å²) in [7, 11) is 0. The van der Waals surface area contributed by atoms with Crippen molar-refractivity contribution in [3.63, 3.8) is 0 Å². The lowest BCUT2D eigenvalue weighted by atomic mass is 10.1. The SMILES string of the molecule is Cc1c(Cl)ccc2cc(C(=O)N[C@H]3CCNC3)[nH]c12. The quantitative estimate of drug-likeness (QED) is 0.788. The third-order valence-corrected chi connectivity index (χ3v) is 4.04. The summed E-state index contributed by atoms with van der Waals surface area (Å²) in [5.41, 5.74) is 2.50. The Labute approximate surface area is 116 Å². The first-order chi connectivity index (χ1) is 9.15. The summed E-state index contributed by atoms with van der Waals surface area (Å²) >= 11 is 6.09. The van der Waals surface area contributed by atoms with Gasteiger partial charge in [-0.1, -0.05) is 17.7 Å². The lowest BCUT2D eigenvalue weighted by Gasteiger charge is -2.09. The molecule has 1 amide bonds. The number of rotatable bonds is 2. The number of aromatic nitrogens is 1. The lowest BCUT2D eigenvalue weighted by molar-refractivity contribution is 0.0936. The highest BCUT2D eigenvalue weighted by Gasteiger charge is 2.19. The van der Waals surface area contributed by atoms with Crippen LogP contribution in [0, 0.1) is 6.92 Å². The predicted octanol–water partition coefficient (Wildman–Crippen LogP) is 2.22. The van der Waals surface area contributed by atoms with Gasteiger partial charge in [0.2, 0.25) is 0 Å². The normalized spacial score (nSPS) is 18.9. The van der Waals surface area contributed by atoms with Gasteiger partial charge in [-0.2, -0.15) is 0 Å². The molecule has 0 spiro atoms. The van der Waals surface area contributed by atoms with Gasteiger partial charge >= 0.3 is 0 Å². The number of halogens is 1. The monoisotopic (exact) mass is 277 g/mol. The Kier molecular flexibility index (Phi) is 3.21. The van der Waals surface area contributed by atoms with E-state index in [1.807, 2.05) is 25.1 Å². The third kappa shape index (κ3) is 2.33. The number of carbonyl (C=O) groups excluding carboxylic acids is 1. The zero-order valence-corrected chi connectivity index (χ0v) is 11.5. The van der Waals surface area contributed by atoms with E-state index in [2.05, 4.69) is 15.6 Å². The number of H-pyrrole nitrogens is 1. The largest absolute Gasteiger partial charge is 0.350 e. The Morgan fingerprint density at radius 2 is 2.32 bits per heavy atom. The first-order valence-corrected chi connectivity index (χ1v) is 6.82. The van der Waals surface area contributed by atoms with Gasteiger partial charge in [0.05, 0.1) is 5.52 Å². The second kappa shape index (κ2) is 4.87. The van der Waals surface area contributed by atoms with E-state index >= 15 is 0 Å². The van der Waals surface area contributed by atoms with Crippen molar-refractivity contribution in [2.24, 2.45) is 0 Å². The number of carbonyl (C=O) groups is 1. The molecule has 1 aliphatic rings. The number of amides is 1. The Morgan fingerprint density at radius 1 is 1.47 bits per heavy atom. The van der Waals surface area contributed by atoms with Gasteiger partial charge in [0.15, 0.2) is 0 Å². The molecule has 3 N–H and O–H groups in total. The van der Waals surface area contributed by atoms with Crippen LogP contribution in [-0.2, 0) is 0 Å². The van der Waals surface area contributed by atoms with Crippen molar-refractivity contribution < 1.29 is 4.79 Å². The number of aromatic amines is 1. The zero-order valence-electron chi connectivity index (χ0n) is 10.7. The highest BCUT2D eigenvalue weighted by molar-refractivity contribution is 6.32. The highest BCUT2D eigenvalue weighted by atomic mass is 35.5. The number of benzene rings is 1. The molecular weight excluding hydrogens is 262 g/mol. The van der Waals surface area contributed by atoms with E-state index in [9.17, 15) is 4.79 Å². The minimum atomic E-state index is -0.0552. The van der Waals surface area contributed by atoms with Crippen molar-refractivity contribution in [1.82, 2.24) is 15.6 Å². The minimum absolute atomic E-state index is 0.0552. The van der Waals surface area contributed by atoms with Crippen LogP contribution in [0.1, 0.15) is 22.5 Å². The van der Waals surface area contributed by atoms with Crippen LogP contribution >= 0.6 is 11.6 Å². The molecule has 4 nitrogen and oxygen atoms in total. The van der Waals surface area contributed by atoms with Crippen LogP contribution in [0.2, 0.25) is 5.02 Å². The molecule has 2 heterocycles. The molecule has 1 aromatic carbocycles. The fourth-order valence-electron chi connectivity index (χ4n) is 2.48. The van der Waals surface area contributed by atoms with E-state index < -0.39 is 0 Å². The lowest BCUT2D eigenvalue weighted by Crippen LogP contribution is -2.36. The first-order valence-electron chi connectivity index (χ1n) is 6.44. The molecule has 2 aromatic rings. The molecule has 3 rings (SSSR count). The zero-order chi connectivity index (χ0) is 13.4. The number of aryl methyl sites for hydroxylation is 1. The number of fused-ring (bicyclic) bond motifs is 1. The maximum atomic E-state index is 12.2. The van der Waals surface area contributed by atoms with E-state index in [0.29, 0.717) is 10.7 Å². The summed E-state index contributed by atoms with van der Waals surface area (Å²) in [6.07, 6.45) is 0.983. The summed E-state index contributed by atoms with van der Waals surface area (Å²) in [6.45, 7) is 3.76. The average molecular weight is 278 g/mol. The van der Waals surface area contributed by atoms with E-state index in [1.165, 1.54) is 0 Å². The fraction of sp³-hybridized carbons (Fsp3) is 0.357. The maximum Gasteiger partial charge on any atom is 0.267 e. The summed E-state index contributed by atoms with van der Waals surface area (Å²) in [5, 5.41) is 7.97. The molecule has 5 heteroatoms. The molecule has 1 aliphatic heterocycles. The van der Waals surface area contributed by atoms with Crippen molar-refractivity contribution >= 4 is 28.4 Å². The van der Waals surface area contributed by atoms with Gasteiger partial charge in [-0.25, -0.2) is 0 Å². The van der Waals surface area contributed by atoms with Crippen molar-refractivity contribution in [3.8, 4) is 0 Å². The van der Waals surface area contributed by atoms with Gasteiger partial charge < -0.3 is 15.6 Å². The minimum Gasteiger partial charge on any atom is -0.350 e. The van der Waals surface area contributed by atoms with Gasteiger partial charge in [0.1, 0.15) is 5.69 Å². The maximum absolute atomic E-state index is 12.2. The predicted molar refractivity (Wildman–Crippen MR) is 76.8 cm³/mol. The first kappa shape index (κ1) is 12.5. The topological polar surface area (TPSA) is 56.9 Å². The molecule has 1 saturated heterocycles. The van der Waals surface area contributed by atoms with E-state index in [4.69, 9.17) is 11.6 Å². The van der Waals surface area contributed by atoms with Crippen molar-refractivity contribution in [1.29, 1.82) is 0 Å². The smallest absolute Gasteiger partial charge is 0.267 e. The number of nitrogens with one attached hydrogen (secondary N) is 3. The highest BCUT2D eigenvalue weighted by Crippen LogP contribution is 2.25. The Morgan fingerprint density at radius 3 is 3.05 bits per heavy atom. The second-order valence-electron chi connectivity index (χ2n) is 4.98. The third-order valence-electron chi connectivity index (χ3n) is 3.63. The Hall–Kier alpha value is -1.52. The molecule has 0 saturated carbocycles. The average Bonchev–Trinajstić information content (AvgIpc) is 3.02. The molecule has 100 valence electrons. The second-order valence-corrected chi connectivity index (χ2v) is 5.39. The van der Waals surface area contributed by atoms with Gasteiger partial charge in [0.25, 0.3) is 5.91 Å². The summed E-state index contributed by atoms with van der Waals surface area (Å²) < 4.78 is 0. The van der Waals surface area contributed by atoms with Crippen LogP contribution in [0.5, 0.6) is 0 Å². The van der Waals surface area contributed by atoms with Crippen LogP contribution in [0.15, 0.2) is 18.2 Å². The molecule has 0 unspecified atom stereocenters. The molecule has 1 fully saturated rings. The molecule has 0 aliphatic carbocycles. The van der Waals surface area contributed by atoms with Crippen LogP contribution in [0.3, 0.4) is 0 Å². The van der Waals surface area contributed by atoms with Crippen molar-refractivity contribution in [2.45, 2.75) is 19.4 Å². The van der Waals surface area contributed by atoms with Crippen LogP contribution in [-0.4, -0.2) is 30.0 Å². The molecule has 1 atom stereocenters. The molecular formula is C14H16ClN3O. The van der Waals surface area contributed by atoms with Gasteiger partial charge in [-0.15, -0.1) is 0 Å². The number of hydrogen-bond acceptors (Lipinski definition) is 2. The van der Waals surface area contributed by atoms with E-state index in [1.54, 1.807) is 0 Å². The van der Waals surface area contributed by atoms with E-state index in [0.717, 1.165) is 36.0 Å². The molecule has 0 bridgehead atoms. The van der Waals surface area contributed by atoms with Crippen molar-refractivity contribution in [3.05, 3.63) is 34.5 Å². The standard InChI is InChI=1S/C14H16ClN3O/c1-8-11(15)3-2-9-6-12(18-13(8)9)14(19)17-10-4-5-16-7-10/h2-3,6,10,16,18H,4-5,7H2,1H3,(H,17,19)/t10-/m0/s1. The van der Waals surface area contributed by atoms with Gasteiger partial charge in [-0.3, -0.25) is 4.79 Å². The Balaban J connectivity index is 1.88. The van der Waals surface area contributed by atoms with Crippen LogP contribution in [0.4, 0.5) is 0 Å². The summed E-state index contributed by atoms with van der Waals surface area (Å²) in [4.78, 5) is 15.3. The van der Waals surface area contributed by atoms with Crippen LogP contribution in [0.25, 0.3) is 10.9 Å². The van der Waals surface area contributed by atoms with Gasteiger partial charge in [0, 0.05) is 23.0 Å². The van der Waals surface area contributed by atoms with Crippen molar-refractivity contribution in [2.75, 3.05) is 13.1 Å². The molecule has 0 radical (unpaired) electrons. The van der Waals surface area contributed by atoms with Crippen LogP contribution < -0.4 is 10.6 Å². The molecule has 1 aromatic heterocycles. The summed E-state index contributed by atoms with van der Waals surface area (Å²) in [6, 6.07) is 5.88. The Bertz CT molecular complexity index is 629. The fourth-order valence-corrected chi connectivity index (χ4v) is 2.64. The van der Waals surface area contributed by atoms with Gasteiger partial charge in [-0.05, 0) is 37.6 Å². The van der Waals surface area contributed by atoms with E-state index in [-0.39, 0.29) is 11.9 Å². The number of hydrogen-bond donors (Lipinski definition) is 3.